The molecule has 5 nitrogen and oxygen atoms in total. The van der Waals surface area contributed by atoms with Crippen molar-refractivity contribution in [2.24, 2.45) is 0 Å². The molecule has 0 saturated heterocycles. The number of aromatic nitrogens is 1. The number of fused-ring (bicyclic) bond motifs is 1. The molecule has 0 unspecified atom stereocenters. The number of methoxy groups -OCH3 is 1. The Balaban J connectivity index is 1.75. The lowest BCUT2D eigenvalue weighted by atomic mass is 10.3. The maximum atomic E-state index is 12.5. The number of nitrogens with zero attached hydrogens (tertiary/aromatic N) is 1. The Morgan fingerprint density at radius 1 is 1.17 bits per heavy atom. The summed E-state index contributed by atoms with van der Waals surface area (Å²) in [5.41, 5.74) is -0.0801. The predicted molar refractivity (Wildman–Crippen MR) is 95.7 cm³/mol. The maximum absolute atomic E-state index is 12.5. The average molecular weight is 363 g/mol. The van der Waals surface area contributed by atoms with Gasteiger partial charge in [0.2, 0.25) is 0 Å². The molecular formula is C17H17NO4S2. The Labute approximate surface area is 144 Å². The standard InChI is InChI=1S/C17H17NO4S2/c1-22-14-5-2-3-6-16(14)24(20,21)12-4-9-18-10-7-15-13(17(18)19)8-11-23-15/h2-3,5-8,10-11H,4,9,12H2,1H3. The molecule has 0 amide bonds. The molecule has 0 aliphatic carbocycles. The van der Waals surface area contributed by atoms with Crippen LogP contribution in [0.25, 0.3) is 10.1 Å². The summed E-state index contributed by atoms with van der Waals surface area (Å²) in [5.74, 6) is 0.302. The first-order valence-electron chi connectivity index (χ1n) is 7.45. The van der Waals surface area contributed by atoms with Crippen molar-refractivity contribution in [2.45, 2.75) is 17.9 Å². The van der Waals surface area contributed by atoms with Gasteiger partial charge in [0.1, 0.15) is 10.6 Å². The van der Waals surface area contributed by atoms with Crippen LogP contribution in [0.5, 0.6) is 5.75 Å². The second-order valence-corrected chi connectivity index (χ2v) is 8.36. The van der Waals surface area contributed by atoms with Crippen LogP contribution < -0.4 is 10.3 Å². The predicted octanol–water partition coefficient (Wildman–Crippen LogP) is 2.94. The fourth-order valence-electron chi connectivity index (χ4n) is 2.59. The Morgan fingerprint density at radius 2 is 1.96 bits per heavy atom. The van der Waals surface area contributed by atoms with Crippen LogP contribution in [-0.2, 0) is 16.4 Å². The summed E-state index contributed by atoms with van der Waals surface area (Å²) in [4.78, 5) is 12.5. The van der Waals surface area contributed by atoms with Gasteiger partial charge in [-0.2, -0.15) is 0 Å². The molecule has 0 saturated carbocycles. The summed E-state index contributed by atoms with van der Waals surface area (Å²) in [5, 5.41) is 2.55. The van der Waals surface area contributed by atoms with Crippen molar-refractivity contribution in [3.63, 3.8) is 0 Å². The second kappa shape index (κ2) is 6.78. The van der Waals surface area contributed by atoms with Gasteiger partial charge in [0.25, 0.3) is 5.56 Å². The molecule has 2 aromatic heterocycles. The molecule has 3 aromatic rings. The van der Waals surface area contributed by atoms with E-state index in [2.05, 4.69) is 0 Å². The summed E-state index contributed by atoms with van der Waals surface area (Å²) in [6.07, 6.45) is 2.08. The van der Waals surface area contributed by atoms with Crippen LogP contribution in [0.3, 0.4) is 0 Å². The Morgan fingerprint density at radius 3 is 2.75 bits per heavy atom. The van der Waals surface area contributed by atoms with E-state index >= 15 is 0 Å². The zero-order chi connectivity index (χ0) is 17.2. The molecule has 3 rings (SSSR count). The minimum absolute atomic E-state index is 0.0402. The summed E-state index contributed by atoms with van der Waals surface area (Å²) < 4.78 is 32.6. The molecule has 0 spiro atoms. The minimum Gasteiger partial charge on any atom is -0.495 e. The number of hydrogen-bond donors (Lipinski definition) is 0. The van der Waals surface area contributed by atoms with E-state index in [1.165, 1.54) is 24.5 Å². The first-order valence-corrected chi connectivity index (χ1v) is 9.98. The number of hydrogen-bond acceptors (Lipinski definition) is 5. The molecule has 24 heavy (non-hydrogen) atoms. The third-order valence-corrected chi connectivity index (χ3v) is 6.52. The number of para-hydroxylation sites is 1. The monoisotopic (exact) mass is 363 g/mol. The average Bonchev–Trinajstić information content (AvgIpc) is 3.06. The number of benzene rings is 1. The van der Waals surface area contributed by atoms with E-state index in [0.29, 0.717) is 24.1 Å². The first kappa shape index (κ1) is 16.7. The highest BCUT2D eigenvalue weighted by atomic mass is 32.2. The smallest absolute Gasteiger partial charge is 0.259 e. The number of thiophene rings is 1. The van der Waals surface area contributed by atoms with Crippen LogP contribution >= 0.6 is 11.3 Å². The third kappa shape index (κ3) is 3.22. The van der Waals surface area contributed by atoms with E-state index in [-0.39, 0.29) is 16.2 Å². The van der Waals surface area contributed by atoms with Crippen molar-refractivity contribution >= 4 is 31.3 Å². The van der Waals surface area contributed by atoms with E-state index in [1.807, 2.05) is 11.4 Å². The van der Waals surface area contributed by atoms with Gasteiger partial charge in [-0.3, -0.25) is 4.79 Å². The summed E-state index contributed by atoms with van der Waals surface area (Å²) in [7, 11) is -2.01. The Hall–Kier alpha value is -2.12. The van der Waals surface area contributed by atoms with E-state index in [1.54, 1.807) is 35.0 Å². The number of pyridine rings is 1. The molecule has 126 valence electrons. The number of ether oxygens (including phenoxy) is 1. The highest BCUT2D eigenvalue weighted by Crippen LogP contribution is 2.24. The molecule has 0 atom stereocenters. The largest absolute Gasteiger partial charge is 0.495 e. The lowest BCUT2D eigenvalue weighted by molar-refractivity contribution is 0.402. The summed E-state index contributed by atoms with van der Waals surface area (Å²) in [6, 6.07) is 10.2. The molecular weight excluding hydrogens is 346 g/mol. The SMILES string of the molecule is COc1ccccc1S(=O)(=O)CCCn1ccc2sccc2c1=O. The van der Waals surface area contributed by atoms with E-state index in [4.69, 9.17) is 4.74 Å². The van der Waals surface area contributed by atoms with Crippen LogP contribution in [0.4, 0.5) is 0 Å². The second-order valence-electron chi connectivity index (χ2n) is 5.34. The summed E-state index contributed by atoms with van der Waals surface area (Å²) >= 11 is 1.52. The van der Waals surface area contributed by atoms with Gasteiger partial charge in [0, 0.05) is 17.4 Å². The summed E-state index contributed by atoms with van der Waals surface area (Å²) in [6.45, 7) is 0.360. The lowest BCUT2D eigenvalue weighted by Crippen LogP contribution is -2.20. The molecule has 0 aliphatic heterocycles. The topological polar surface area (TPSA) is 65.4 Å². The molecule has 0 N–H and O–H groups in total. The van der Waals surface area contributed by atoms with Crippen LogP contribution in [0.15, 0.2) is 57.7 Å². The molecule has 0 radical (unpaired) electrons. The molecule has 1 aromatic carbocycles. The first-order chi connectivity index (χ1) is 11.5. The van der Waals surface area contributed by atoms with Gasteiger partial charge in [-0.25, -0.2) is 8.42 Å². The van der Waals surface area contributed by atoms with Crippen LogP contribution in [0.1, 0.15) is 6.42 Å². The van der Waals surface area contributed by atoms with Gasteiger partial charge in [-0.05, 0) is 36.1 Å². The quantitative estimate of drug-likeness (QED) is 0.675. The van der Waals surface area contributed by atoms with Crippen LogP contribution in [0, 0.1) is 0 Å². The number of sulfone groups is 1. The number of rotatable bonds is 6. The number of aryl methyl sites for hydroxylation is 1. The van der Waals surface area contributed by atoms with Crippen molar-refractivity contribution in [1.29, 1.82) is 0 Å². The Bertz CT molecular complexity index is 1020. The minimum atomic E-state index is -3.46. The highest BCUT2D eigenvalue weighted by molar-refractivity contribution is 7.91. The fourth-order valence-corrected chi connectivity index (χ4v) is 4.84. The van der Waals surface area contributed by atoms with Gasteiger partial charge in [-0.1, -0.05) is 12.1 Å². The van der Waals surface area contributed by atoms with E-state index in [9.17, 15) is 13.2 Å². The third-order valence-electron chi connectivity index (χ3n) is 3.81. The van der Waals surface area contributed by atoms with Crippen molar-refractivity contribution in [1.82, 2.24) is 4.57 Å². The fraction of sp³-hybridized carbons (Fsp3) is 0.235. The molecule has 0 aliphatic rings. The van der Waals surface area contributed by atoms with Gasteiger partial charge in [0.05, 0.1) is 18.2 Å². The lowest BCUT2D eigenvalue weighted by Gasteiger charge is -2.10. The van der Waals surface area contributed by atoms with Crippen molar-refractivity contribution < 1.29 is 13.2 Å². The highest BCUT2D eigenvalue weighted by Gasteiger charge is 2.18. The van der Waals surface area contributed by atoms with Crippen molar-refractivity contribution in [3.05, 3.63) is 58.3 Å². The van der Waals surface area contributed by atoms with Crippen molar-refractivity contribution in [2.75, 3.05) is 12.9 Å². The van der Waals surface area contributed by atoms with Gasteiger partial charge in [0.15, 0.2) is 9.84 Å². The van der Waals surface area contributed by atoms with E-state index < -0.39 is 9.84 Å². The van der Waals surface area contributed by atoms with Crippen molar-refractivity contribution in [3.8, 4) is 5.75 Å². The van der Waals surface area contributed by atoms with Gasteiger partial charge in [-0.15, -0.1) is 11.3 Å². The maximum Gasteiger partial charge on any atom is 0.259 e. The molecule has 2 heterocycles. The van der Waals surface area contributed by atoms with Crippen LogP contribution in [0.2, 0.25) is 0 Å². The molecule has 0 fully saturated rings. The normalized spacial score (nSPS) is 11.7. The van der Waals surface area contributed by atoms with Gasteiger partial charge < -0.3 is 9.30 Å². The zero-order valence-corrected chi connectivity index (χ0v) is 14.8. The zero-order valence-electron chi connectivity index (χ0n) is 13.1. The van der Waals surface area contributed by atoms with Crippen LogP contribution in [-0.4, -0.2) is 25.8 Å². The van der Waals surface area contributed by atoms with Gasteiger partial charge >= 0.3 is 0 Å². The van der Waals surface area contributed by atoms with E-state index in [0.717, 1.165) is 4.70 Å². The molecule has 7 heteroatoms. The Kier molecular flexibility index (Phi) is 4.73. The molecule has 0 bridgehead atoms.